The largest absolute Gasteiger partial charge is 0.489 e. The average molecular weight is 345 g/mol. The van der Waals surface area contributed by atoms with Crippen molar-refractivity contribution in [3.8, 4) is 5.75 Å². The molecule has 0 saturated heterocycles. The van der Waals surface area contributed by atoms with Crippen LogP contribution in [0.25, 0.3) is 0 Å². The molecule has 0 aromatic heterocycles. The Morgan fingerprint density at radius 2 is 2.04 bits per heavy atom. The lowest BCUT2D eigenvalue weighted by Gasteiger charge is -2.13. The maximum Gasteiger partial charge on any atom is 0.244 e. The molecular weight excluding hydrogens is 324 g/mol. The first-order chi connectivity index (χ1) is 11.6. The molecule has 1 amide bonds. The molecule has 2 aromatic rings. The van der Waals surface area contributed by atoms with Crippen LogP contribution in [0.2, 0.25) is 5.02 Å². The lowest BCUT2D eigenvalue weighted by molar-refractivity contribution is -0.120. The number of hydrogen-bond donors (Lipinski definition) is 1. The van der Waals surface area contributed by atoms with Crippen molar-refractivity contribution in [1.82, 2.24) is 5.43 Å². The van der Waals surface area contributed by atoms with Gasteiger partial charge in [-0.25, -0.2) is 5.43 Å². The van der Waals surface area contributed by atoms with E-state index in [-0.39, 0.29) is 12.0 Å². The molecule has 0 aliphatic rings. The predicted octanol–water partition coefficient (Wildman–Crippen LogP) is 4.21. The van der Waals surface area contributed by atoms with Crippen molar-refractivity contribution in [3.63, 3.8) is 0 Å². The summed E-state index contributed by atoms with van der Waals surface area (Å²) in [6.07, 6.45) is 2.87. The summed E-state index contributed by atoms with van der Waals surface area (Å²) < 4.78 is 5.71. The Balaban J connectivity index is 1.90. The first kappa shape index (κ1) is 18.0. The second-order valence-corrected chi connectivity index (χ2v) is 5.89. The summed E-state index contributed by atoms with van der Waals surface area (Å²) in [7, 11) is 0. The van der Waals surface area contributed by atoms with E-state index in [0.29, 0.717) is 17.2 Å². The number of hydrogen-bond acceptors (Lipinski definition) is 3. The van der Waals surface area contributed by atoms with E-state index in [1.54, 1.807) is 12.3 Å². The Labute approximate surface area is 147 Å². The van der Waals surface area contributed by atoms with Crippen LogP contribution in [0, 0.1) is 0 Å². The fraction of sp³-hybridized carbons (Fsp3) is 0.263. The summed E-state index contributed by atoms with van der Waals surface area (Å²) in [5.74, 6) is 0.483. The highest BCUT2D eigenvalue weighted by atomic mass is 35.5. The maximum absolute atomic E-state index is 11.8. The molecule has 2 aromatic carbocycles. The van der Waals surface area contributed by atoms with E-state index in [0.717, 1.165) is 17.5 Å². The third-order valence-electron chi connectivity index (χ3n) is 3.47. The van der Waals surface area contributed by atoms with Crippen LogP contribution >= 0.6 is 11.6 Å². The summed E-state index contributed by atoms with van der Waals surface area (Å²) in [5, 5.41) is 4.48. The molecule has 0 aliphatic heterocycles. The zero-order valence-corrected chi connectivity index (χ0v) is 14.6. The molecule has 24 heavy (non-hydrogen) atoms. The van der Waals surface area contributed by atoms with Gasteiger partial charge in [-0.1, -0.05) is 48.9 Å². The van der Waals surface area contributed by atoms with E-state index in [4.69, 9.17) is 16.3 Å². The van der Waals surface area contributed by atoms with Crippen molar-refractivity contribution < 1.29 is 9.53 Å². The molecule has 0 aliphatic carbocycles. The minimum absolute atomic E-state index is 0.110. The van der Waals surface area contributed by atoms with E-state index in [9.17, 15) is 4.79 Å². The van der Waals surface area contributed by atoms with Gasteiger partial charge in [0.15, 0.2) is 0 Å². The van der Waals surface area contributed by atoms with Crippen LogP contribution in [0.5, 0.6) is 5.75 Å². The van der Waals surface area contributed by atoms with Gasteiger partial charge < -0.3 is 4.74 Å². The summed E-state index contributed by atoms with van der Waals surface area (Å²) in [6.45, 7) is 4.05. The Hall–Kier alpha value is -2.33. The Kier molecular flexibility index (Phi) is 6.82. The number of halogens is 1. The van der Waals surface area contributed by atoms with Crippen LogP contribution in [0.4, 0.5) is 0 Å². The summed E-state index contributed by atoms with van der Waals surface area (Å²) in [4.78, 5) is 11.8. The van der Waals surface area contributed by atoms with Crippen molar-refractivity contribution in [3.05, 3.63) is 64.7 Å². The Bertz CT molecular complexity index is 702. The van der Waals surface area contributed by atoms with Crippen molar-refractivity contribution in [2.75, 3.05) is 0 Å². The molecule has 0 unspecified atom stereocenters. The summed E-state index contributed by atoms with van der Waals surface area (Å²) in [5.41, 5.74) is 4.24. The van der Waals surface area contributed by atoms with Gasteiger partial charge in [-0.3, -0.25) is 4.79 Å². The molecule has 1 N–H and O–H groups in total. The first-order valence-electron chi connectivity index (χ1n) is 7.90. The highest BCUT2D eigenvalue weighted by molar-refractivity contribution is 6.32. The second-order valence-electron chi connectivity index (χ2n) is 5.48. The van der Waals surface area contributed by atoms with E-state index in [2.05, 4.69) is 17.5 Å². The van der Waals surface area contributed by atoms with E-state index >= 15 is 0 Å². The van der Waals surface area contributed by atoms with Gasteiger partial charge in [0.1, 0.15) is 5.75 Å². The fourth-order valence-corrected chi connectivity index (χ4v) is 2.23. The predicted molar refractivity (Wildman–Crippen MR) is 97.7 cm³/mol. The molecule has 0 radical (unpaired) electrons. The number of ether oxygens (including phenoxy) is 1. The van der Waals surface area contributed by atoms with Gasteiger partial charge in [0.25, 0.3) is 0 Å². The van der Waals surface area contributed by atoms with E-state index < -0.39 is 0 Å². The molecule has 1 atom stereocenters. The van der Waals surface area contributed by atoms with Gasteiger partial charge >= 0.3 is 0 Å². The molecule has 0 bridgehead atoms. The van der Waals surface area contributed by atoms with Crippen molar-refractivity contribution in [1.29, 1.82) is 0 Å². The van der Waals surface area contributed by atoms with Crippen molar-refractivity contribution in [2.45, 2.75) is 32.8 Å². The third kappa shape index (κ3) is 5.70. The van der Waals surface area contributed by atoms with Gasteiger partial charge in [-0.2, -0.15) is 5.10 Å². The van der Waals surface area contributed by atoms with Gasteiger partial charge in [-0.15, -0.1) is 0 Å². The molecule has 0 heterocycles. The number of nitrogens with zero attached hydrogens (tertiary/aromatic N) is 1. The second kappa shape index (κ2) is 9.08. The van der Waals surface area contributed by atoms with Crippen LogP contribution in [-0.4, -0.2) is 18.2 Å². The van der Waals surface area contributed by atoms with Gasteiger partial charge in [0.2, 0.25) is 5.91 Å². The SMILES string of the molecule is CC[C@H](C)Oc1ccc(/C=N\NC(=O)Cc2ccccc2)cc1Cl. The minimum Gasteiger partial charge on any atom is -0.489 e. The highest BCUT2D eigenvalue weighted by Crippen LogP contribution is 2.26. The van der Waals surface area contributed by atoms with Crippen molar-refractivity contribution in [2.24, 2.45) is 5.10 Å². The minimum atomic E-state index is -0.166. The number of amides is 1. The lowest BCUT2D eigenvalue weighted by Crippen LogP contribution is -2.19. The van der Waals surface area contributed by atoms with E-state index in [1.807, 2.05) is 49.4 Å². The van der Waals surface area contributed by atoms with E-state index in [1.165, 1.54) is 0 Å². The molecule has 4 nitrogen and oxygen atoms in total. The summed E-state index contributed by atoms with van der Waals surface area (Å²) in [6, 6.07) is 14.9. The number of benzene rings is 2. The molecule has 0 saturated carbocycles. The van der Waals surface area contributed by atoms with Gasteiger partial charge in [-0.05, 0) is 42.7 Å². The third-order valence-corrected chi connectivity index (χ3v) is 3.76. The molecular formula is C19H21ClN2O2. The van der Waals surface area contributed by atoms with Crippen LogP contribution in [0.3, 0.4) is 0 Å². The van der Waals surface area contributed by atoms with Crippen LogP contribution in [0.1, 0.15) is 31.4 Å². The van der Waals surface area contributed by atoms with Crippen LogP contribution < -0.4 is 10.2 Å². The van der Waals surface area contributed by atoms with Crippen molar-refractivity contribution >= 4 is 23.7 Å². The Morgan fingerprint density at radius 3 is 2.71 bits per heavy atom. The van der Waals surface area contributed by atoms with Crippen LogP contribution in [0.15, 0.2) is 53.6 Å². The monoisotopic (exact) mass is 344 g/mol. The van der Waals surface area contributed by atoms with Gasteiger partial charge in [0, 0.05) is 0 Å². The van der Waals surface area contributed by atoms with Crippen LogP contribution in [-0.2, 0) is 11.2 Å². The first-order valence-corrected chi connectivity index (χ1v) is 8.28. The molecule has 0 fully saturated rings. The molecule has 126 valence electrons. The number of rotatable bonds is 7. The lowest BCUT2D eigenvalue weighted by atomic mass is 10.1. The maximum atomic E-state index is 11.8. The molecule has 2 rings (SSSR count). The Morgan fingerprint density at radius 1 is 1.29 bits per heavy atom. The number of nitrogens with one attached hydrogen (secondary N) is 1. The number of carbonyl (C=O) groups is 1. The average Bonchev–Trinajstić information content (AvgIpc) is 2.58. The normalized spacial score (nSPS) is 12.1. The molecule has 5 heteroatoms. The fourth-order valence-electron chi connectivity index (χ4n) is 1.99. The topological polar surface area (TPSA) is 50.7 Å². The smallest absolute Gasteiger partial charge is 0.244 e. The van der Waals surface area contributed by atoms with Gasteiger partial charge in [0.05, 0.1) is 23.8 Å². The number of carbonyl (C=O) groups excluding carboxylic acids is 1. The number of hydrazone groups is 1. The standard InChI is InChI=1S/C19H21ClN2O2/c1-3-14(2)24-18-10-9-16(11-17(18)20)13-21-22-19(23)12-15-7-5-4-6-8-15/h4-11,13-14H,3,12H2,1-2H3,(H,22,23)/b21-13-/t14-/m0/s1. The highest BCUT2D eigenvalue weighted by Gasteiger charge is 2.06. The zero-order valence-electron chi connectivity index (χ0n) is 13.8. The summed E-state index contributed by atoms with van der Waals surface area (Å²) >= 11 is 6.21. The zero-order chi connectivity index (χ0) is 17.4. The quantitative estimate of drug-likeness (QED) is 0.604. The molecule has 0 spiro atoms.